The van der Waals surface area contributed by atoms with Crippen molar-refractivity contribution in [3.8, 4) is 5.75 Å². The number of benzene rings is 1. The van der Waals surface area contributed by atoms with Gasteiger partial charge < -0.3 is 15.0 Å². The third kappa shape index (κ3) is 4.97. The molecule has 2 aromatic rings. The van der Waals surface area contributed by atoms with E-state index in [9.17, 15) is 4.79 Å². The molecule has 1 unspecified atom stereocenters. The number of hydrogen-bond donors (Lipinski definition) is 1. The predicted molar refractivity (Wildman–Crippen MR) is 99.9 cm³/mol. The largest absolute Gasteiger partial charge is 0.478 e. The average Bonchev–Trinajstić information content (AvgIpc) is 3.03. The molecule has 1 heterocycles. The molecule has 24 heavy (non-hydrogen) atoms. The average molecular weight is 367 g/mol. The van der Waals surface area contributed by atoms with Gasteiger partial charge in [-0.05, 0) is 63.7 Å². The van der Waals surface area contributed by atoms with Crippen LogP contribution >= 0.6 is 22.9 Å². The number of rotatable bonds is 7. The summed E-state index contributed by atoms with van der Waals surface area (Å²) in [5.74, 6) is 0.461. The van der Waals surface area contributed by atoms with Gasteiger partial charge in [0.15, 0.2) is 5.60 Å². The van der Waals surface area contributed by atoms with E-state index in [2.05, 4.69) is 16.3 Å². The van der Waals surface area contributed by atoms with Crippen LogP contribution in [0.25, 0.3) is 0 Å². The SMILES string of the molecule is CN(C)C(CNC(=O)C(C)(C)Oc1ccc(Cl)cc1)c1cccs1. The van der Waals surface area contributed by atoms with E-state index in [4.69, 9.17) is 16.3 Å². The van der Waals surface area contributed by atoms with Gasteiger partial charge in [0.1, 0.15) is 5.75 Å². The zero-order chi connectivity index (χ0) is 17.7. The van der Waals surface area contributed by atoms with Gasteiger partial charge >= 0.3 is 0 Å². The quantitative estimate of drug-likeness (QED) is 0.805. The topological polar surface area (TPSA) is 41.6 Å². The molecule has 1 aromatic carbocycles. The van der Waals surface area contributed by atoms with Crippen molar-refractivity contribution in [2.45, 2.75) is 25.5 Å². The van der Waals surface area contributed by atoms with Crippen LogP contribution in [0.1, 0.15) is 24.8 Å². The lowest BCUT2D eigenvalue weighted by molar-refractivity contribution is -0.134. The van der Waals surface area contributed by atoms with E-state index in [0.29, 0.717) is 17.3 Å². The van der Waals surface area contributed by atoms with Gasteiger partial charge in [-0.2, -0.15) is 0 Å². The Morgan fingerprint density at radius 1 is 1.29 bits per heavy atom. The molecule has 1 amide bonds. The van der Waals surface area contributed by atoms with Crippen LogP contribution in [0.3, 0.4) is 0 Å². The molecule has 0 aliphatic heterocycles. The Kier molecular flexibility index (Phi) is 6.27. The molecule has 0 saturated heterocycles. The Morgan fingerprint density at radius 3 is 2.50 bits per heavy atom. The molecule has 0 saturated carbocycles. The van der Waals surface area contributed by atoms with Crippen molar-refractivity contribution in [3.05, 3.63) is 51.7 Å². The van der Waals surface area contributed by atoms with Crippen LogP contribution in [0.4, 0.5) is 0 Å². The summed E-state index contributed by atoms with van der Waals surface area (Å²) in [5.41, 5.74) is -0.972. The molecule has 0 aliphatic rings. The van der Waals surface area contributed by atoms with Crippen molar-refractivity contribution in [1.82, 2.24) is 10.2 Å². The molecule has 6 heteroatoms. The van der Waals surface area contributed by atoms with Gasteiger partial charge in [0.25, 0.3) is 5.91 Å². The third-order valence-electron chi connectivity index (χ3n) is 3.68. The van der Waals surface area contributed by atoms with Gasteiger partial charge in [-0.15, -0.1) is 11.3 Å². The predicted octanol–water partition coefficient (Wildman–Crippen LogP) is 3.98. The summed E-state index contributed by atoms with van der Waals surface area (Å²) in [6, 6.07) is 11.2. The molecule has 0 spiro atoms. The first kappa shape index (κ1) is 18.8. The number of halogens is 1. The second kappa shape index (κ2) is 8.01. The Hall–Kier alpha value is -1.56. The first-order valence-electron chi connectivity index (χ1n) is 7.72. The first-order valence-corrected chi connectivity index (χ1v) is 8.98. The fourth-order valence-electron chi connectivity index (χ4n) is 2.26. The summed E-state index contributed by atoms with van der Waals surface area (Å²) in [4.78, 5) is 15.9. The van der Waals surface area contributed by atoms with E-state index in [1.807, 2.05) is 25.5 Å². The minimum atomic E-state index is -0.972. The lowest BCUT2D eigenvalue weighted by Gasteiger charge is -2.28. The van der Waals surface area contributed by atoms with Crippen molar-refractivity contribution in [3.63, 3.8) is 0 Å². The molecule has 0 fully saturated rings. The summed E-state index contributed by atoms with van der Waals surface area (Å²) < 4.78 is 5.82. The second-order valence-electron chi connectivity index (χ2n) is 6.27. The van der Waals surface area contributed by atoms with Crippen LogP contribution < -0.4 is 10.1 Å². The van der Waals surface area contributed by atoms with Crippen molar-refractivity contribution < 1.29 is 9.53 Å². The summed E-state index contributed by atoms with van der Waals surface area (Å²) in [6.07, 6.45) is 0. The molecule has 1 aromatic heterocycles. The molecular formula is C18H23ClN2O2S. The standard InChI is InChI=1S/C18H23ClN2O2S/c1-18(2,23-14-9-7-13(19)8-10-14)17(22)20-12-15(21(3)4)16-6-5-11-24-16/h5-11,15H,12H2,1-4H3,(H,20,22). The Bertz CT molecular complexity index is 654. The summed E-state index contributed by atoms with van der Waals surface area (Å²) in [7, 11) is 4.01. The molecular weight excluding hydrogens is 344 g/mol. The lowest BCUT2D eigenvalue weighted by atomic mass is 10.1. The smallest absolute Gasteiger partial charge is 0.263 e. The van der Waals surface area contributed by atoms with E-state index in [1.54, 1.807) is 49.4 Å². The first-order chi connectivity index (χ1) is 11.3. The van der Waals surface area contributed by atoms with Gasteiger partial charge in [0.2, 0.25) is 0 Å². The van der Waals surface area contributed by atoms with Crippen LogP contribution in [-0.2, 0) is 4.79 Å². The number of nitrogens with zero attached hydrogens (tertiary/aromatic N) is 1. The van der Waals surface area contributed by atoms with E-state index >= 15 is 0 Å². The van der Waals surface area contributed by atoms with Crippen LogP contribution in [0.15, 0.2) is 41.8 Å². The zero-order valence-corrected chi connectivity index (χ0v) is 15.9. The van der Waals surface area contributed by atoms with Gasteiger partial charge in [-0.3, -0.25) is 4.79 Å². The fraction of sp³-hybridized carbons (Fsp3) is 0.389. The highest BCUT2D eigenvalue weighted by Gasteiger charge is 2.30. The van der Waals surface area contributed by atoms with E-state index < -0.39 is 5.60 Å². The van der Waals surface area contributed by atoms with E-state index in [-0.39, 0.29) is 11.9 Å². The molecule has 0 radical (unpaired) electrons. The number of ether oxygens (including phenoxy) is 1. The molecule has 1 N–H and O–H groups in total. The van der Waals surface area contributed by atoms with Gasteiger partial charge in [-0.25, -0.2) is 0 Å². The number of likely N-dealkylation sites (N-methyl/N-ethyl adjacent to an activating group) is 1. The fourth-order valence-corrected chi connectivity index (χ4v) is 3.31. The van der Waals surface area contributed by atoms with Crippen LogP contribution in [0.5, 0.6) is 5.75 Å². The summed E-state index contributed by atoms with van der Waals surface area (Å²) in [6.45, 7) is 4.04. The maximum atomic E-state index is 12.6. The minimum Gasteiger partial charge on any atom is -0.478 e. The van der Waals surface area contributed by atoms with Crippen molar-refractivity contribution >= 4 is 28.8 Å². The summed E-state index contributed by atoms with van der Waals surface area (Å²) in [5, 5.41) is 5.68. The third-order valence-corrected chi connectivity index (χ3v) is 4.91. The van der Waals surface area contributed by atoms with Crippen molar-refractivity contribution in [2.24, 2.45) is 0 Å². The number of hydrogen-bond acceptors (Lipinski definition) is 4. The molecule has 130 valence electrons. The monoisotopic (exact) mass is 366 g/mol. The maximum Gasteiger partial charge on any atom is 0.263 e. The number of amides is 1. The molecule has 0 bridgehead atoms. The highest BCUT2D eigenvalue weighted by molar-refractivity contribution is 7.10. The number of carbonyl (C=O) groups is 1. The number of nitrogens with one attached hydrogen (secondary N) is 1. The maximum absolute atomic E-state index is 12.6. The molecule has 0 aliphatic carbocycles. The Morgan fingerprint density at radius 2 is 1.96 bits per heavy atom. The number of carbonyl (C=O) groups excluding carboxylic acids is 1. The highest BCUT2D eigenvalue weighted by Crippen LogP contribution is 2.24. The second-order valence-corrected chi connectivity index (χ2v) is 7.69. The Labute approximate surface area is 152 Å². The van der Waals surface area contributed by atoms with Crippen LogP contribution in [-0.4, -0.2) is 37.0 Å². The molecule has 1 atom stereocenters. The minimum absolute atomic E-state index is 0.139. The number of thiophene rings is 1. The van der Waals surface area contributed by atoms with Crippen LogP contribution in [0.2, 0.25) is 5.02 Å². The molecule has 2 rings (SSSR count). The van der Waals surface area contributed by atoms with E-state index in [0.717, 1.165) is 0 Å². The normalized spacial score (nSPS) is 12.9. The van der Waals surface area contributed by atoms with Gasteiger partial charge in [0.05, 0.1) is 6.04 Å². The summed E-state index contributed by atoms with van der Waals surface area (Å²) >= 11 is 7.56. The van der Waals surface area contributed by atoms with Crippen molar-refractivity contribution in [2.75, 3.05) is 20.6 Å². The molecule has 4 nitrogen and oxygen atoms in total. The van der Waals surface area contributed by atoms with Crippen molar-refractivity contribution in [1.29, 1.82) is 0 Å². The van der Waals surface area contributed by atoms with Crippen LogP contribution in [0, 0.1) is 0 Å². The Balaban J connectivity index is 1.98. The zero-order valence-electron chi connectivity index (χ0n) is 14.4. The highest BCUT2D eigenvalue weighted by atomic mass is 35.5. The van der Waals surface area contributed by atoms with Gasteiger partial charge in [0, 0.05) is 16.4 Å². The lowest BCUT2D eigenvalue weighted by Crippen LogP contribution is -2.48. The van der Waals surface area contributed by atoms with Gasteiger partial charge in [-0.1, -0.05) is 17.7 Å². The van der Waals surface area contributed by atoms with E-state index in [1.165, 1.54) is 4.88 Å².